The topological polar surface area (TPSA) is 3.24 Å². The first-order valence-electron chi connectivity index (χ1n) is 4.51. The summed E-state index contributed by atoms with van der Waals surface area (Å²) in [7, 11) is 2.02. The van der Waals surface area contributed by atoms with E-state index in [0.717, 1.165) is 13.0 Å². The van der Waals surface area contributed by atoms with E-state index >= 15 is 0 Å². The minimum absolute atomic E-state index is 0.0301. The molecule has 70 valence electrons. The fourth-order valence-electron chi connectivity index (χ4n) is 2.83. The highest BCUT2D eigenvalue weighted by Crippen LogP contribution is 2.57. The minimum atomic E-state index is -2.36. The molecular formula is C9H15F2N. The Balaban J connectivity index is 2.01. The molecule has 0 radical (unpaired) electrons. The summed E-state index contributed by atoms with van der Waals surface area (Å²) in [5.41, 5.74) is -0.0301. The van der Waals surface area contributed by atoms with E-state index in [1.807, 2.05) is 7.05 Å². The third kappa shape index (κ3) is 1.15. The zero-order valence-electron chi connectivity index (χ0n) is 7.61. The predicted molar refractivity (Wildman–Crippen MR) is 43.3 cm³/mol. The lowest BCUT2D eigenvalue weighted by atomic mass is 9.65. The summed E-state index contributed by atoms with van der Waals surface area (Å²) in [5.74, 6) is -2.36. The van der Waals surface area contributed by atoms with E-state index in [2.05, 4.69) is 11.8 Å². The molecule has 1 aliphatic carbocycles. The second-order valence-electron chi connectivity index (χ2n) is 4.68. The molecule has 2 rings (SSSR count). The van der Waals surface area contributed by atoms with Crippen molar-refractivity contribution in [2.75, 3.05) is 13.6 Å². The Labute approximate surface area is 71.7 Å². The van der Waals surface area contributed by atoms with Crippen LogP contribution in [-0.2, 0) is 0 Å². The van der Waals surface area contributed by atoms with Crippen LogP contribution in [0.25, 0.3) is 0 Å². The molecule has 2 fully saturated rings. The number of rotatable bonds is 0. The Bertz CT molecular complexity index is 175. The Morgan fingerprint density at radius 2 is 1.92 bits per heavy atom. The molecular weight excluding hydrogens is 160 g/mol. The molecule has 0 aromatic heterocycles. The van der Waals surface area contributed by atoms with E-state index in [1.54, 1.807) is 0 Å². The molecule has 0 amide bonds. The molecule has 1 aliphatic heterocycles. The third-order valence-corrected chi connectivity index (χ3v) is 3.33. The van der Waals surface area contributed by atoms with Crippen molar-refractivity contribution >= 4 is 0 Å². The molecule has 0 aromatic carbocycles. The maximum absolute atomic E-state index is 12.7. The van der Waals surface area contributed by atoms with Gasteiger partial charge in [-0.15, -0.1) is 0 Å². The maximum Gasteiger partial charge on any atom is 0.249 e. The largest absolute Gasteiger partial charge is 0.303 e. The van der Waals surface area contributed by atoms with E-state index in [1.165, 1.54) is 0 Å². The van der Waals surface area contributed by atoms with Gasteiger partial charge in [0.15, 0.2) is 0 Å². The van der Waals surface area contributed by atoms with Crippen LogP contribution in [0.4, 0.5) is 8.78 Å². The van der Waals surface area contributed by atoms with E-state index in [-0.39, 0.29) is 18.3 Å². The molecule has 3 heteroatoms. The van der Waals surface area contributed by atoms with Gasteiger partial charge in [0.25, 0.3) is 0 Å². The summed E-state index contributed by atoms with van der Waals surface area (Å²) < 4.78 is 25.3. The molecule has 2 aliphatic rings. The third-order valence-electron chi connectivity index (χ3n) is 3.33. The molecule has 0 bridgehead atoms. The van der Waals surface area contributed by atoms with E-state index < -0.39 is 5.92 Å². The number of nitrogens with zero attached hydrogens (tertiary/aromatic N) is 1. The number of halogens is 2. The van der Waals surface area contributed by atoms with Gasteiger partial charge in [-0.2, -0.15) is 0 Å². The van der Waals surface area contributed by atoms with Gasteiger partial charge >= 0.3 is 0 Å². The maximum atomic E-state index is 12.7. The summed E-state index contributed by atoms with van der Waals surface area (Å²) >= 11 is 0. The van der Waals surface area contributed by atoms with Crippen LogP contribution in [0.2, 0.25) is 0 Å². The Kier molecular flexibility index (Phi) is 1.54. The van der Waals surface area contributed by atoms with Gasteiger partial charge in [0.2, 0.25) is 5.92 Å². The smallest absolute Gasteiger partial charge is 0.249 e. The van der Waals surface area contributed by atoms with Crippen LogP contribution in [0, 0.1) is 5.41 Å². The summed E-state index contributed by atoms with van der Waals surface area (Å²) in [6, 6.07) is 0.487. The molecule has 1 atom stereocenters. The van der Waals surface area contributed by atoms with Crippen LogP contribution in [0.5, 0.6) is 0 Å². The van der Waals surface area contributed by atoms with Crippen molar-refractivity contribution in [1.82, 2.24) is 4.90 Å². The number of hydrogen-bond acceptors (Lipinski definition) is 1. The van der Waals surface area contributed by atoms with Crippen molar-refractivity contribution in [3.63, 3.8) is 0 Å². The first-order valence-corrected chi connectivity index (χ1v) is 4.51. The summed E-state index contributed by atoms with van der Waals surface area (Å²) in [5, 5.41) is 0. The number of hydrogen-bond donors (Lipinski definition) is 0. The number of likely N-dealkylation sites (tertiary alicyclic amines) is 1. The zero-order valence-corrected chi connectivity index (χ0v) is 7.61. The lowest BCUT2D eigenvalue weighted by Crippen LogP contribution is -2.47. The fraction of sp³-hybridized carbons (Fsp3) is 1.00. The van der Waals surface area contributed by atoms with Crippen molar-refractivity contribution in [3.8, 4) is 0 Å². The molecule has 1 heterocycles. The zero-order chi connectivity index (χ0) is 8.98. The van der Waals surface area contributed by atoms with Crippen LogP contribution in [0.1, 0.15) is 26.2 Å². The van der Waals surface area contributed by atoms with Gasteiger partial charge in [-0.1, -0.05) is 0 Å². The lowest BCUT2D eigenvalue weighted by molar-refractivity contribution is -0.155. The van der Waals surface area contributed by atoms with Gasteiger partial charge in [-0.05, 0) is 25.8 Å². The van der Waals surface area contributed by atoms with Crippen LogP contribution >= 0.6 is 0 Å². The minimum Gasteiger partial charge on any atom is -0.303 e. The summed E-state index contributed by atoms with van der Waals surface area (Å²) in [6.07, 6.45) is 1.20. The van der Waals surface area contributed by atoms with Crippen LogP contribution < -0.4 is 0 Å². The monoisotopic (exact) mass is 175 g/mol. The quantitative estimate of drug-likeness (QED) is 0.545. The van der Waals surface area contributed by atoms with E-state index in [9.17, 15) is 8.78 Å². The van der Waals surface area contributed by atoms with Crippen molar-refractivity contribution in [1.29, 1.82) is 0 Å². The van der Waals surface area contributed by atoms with Gasteiger partial charge in [-0.3, -0.25) is 0 Å². The first-order chi connectivity index (χ1) is 5.43. The average molecular weight is 175 g/mol. The summed E-state index contributed by atoms with van der Waals surface area (Å²) in [6.45, 7) is 2.98. The fourth-order valence-corrected chi connectivity index (χ4v) is 2.83. The van der Waals surface area contributed by atoms with Crippen molar-refractivity contribution < 1.29 is 8.78 Å². The standard InChI is InChI=1S/C9H15F2N/c1-7-3-8(6-12(7)2)4-9(10,11)5-8/h7H,3-6H2,1-2H3/t7-/m1/s1. The number of alkyl halides is 2. The van der Waals surface area contributed by atoms with Crippen molar-refractivity contribution in [3.05, 3.63) is 0 Å². The molecule has 0 N–H and O–H groups in total. The van der Waals surface area contributed by atoms with Crippen LogP contribution in [0.15, 0.2) is 0 Å². The highest BCUT2D eigenvalue weighted by Gasteiger charge is 2.59. The SMILES string of the molecule is C[C@@H]1CC2(CN1C)CC(F)(F)C2. The predicted octanol–water partition coefficient (Wildman–Crippen LogP) is 2.13. The van der Waals surface area contributed by atoms with Crippen LogP contribution in [0.3, 0.4) is 0 Å². The average Bonchev–Trinajstić information content (AvgIpc) is 2.04. The Hall–Kier alpha value is -0.180. The normalized spacial score (nSPS) is 38.5. The van der Waals surface area contributed by atoms with Gasteiger partial charge < -0.3 is 4.90 Å². The second-order valence-corrected chi connectivity index (χ2v) is 4.68. The van der Waals surface area contributed by atoms with Crippen LogP contribution in [-0.4, -0.2) is 30.5 Å². The highest BCUT2D eigenvalue weighted by atomic mass is 19.3. The molecule has 1 nitrogen and oxygen atoms in total. The second kappa shape index (κ2) is 2.19. The van der Waals surface area contributed by atoms with E-state index in [0.29, 0.717) is 6.04 Å². The Morgan fingerprint density at radius 1 is 1.33 bits per heavy atom. The Morgan fingerprint density at radius 3 is 2.25 bits per heavy atom. The molecule has 1 saturated heterocycles. The summed E-state index contributed by atoms with van der Waals surface area (Å²) in [4.78, 5) is 2.19. The lowest BCUT2D eigenvalue weighted by Gasteiger charge is -2.44. The van der Waals surface area contributed by atoms with E-state index in [4.69, 9.17) is 0 Å². The molecule has 12 heavy (non-hydrogen) atoms. The molecule has 1 spiro atoms. The molecule has 0 aromatic rings. The van der Waals surface area contributed by atoms with Gasteiger partial charge in [0.1, 0.15) is 0 Å². The van der Waals surface area contributed by atoms with Gasteiger partial charge in [0, 0.05) is 25.4 Å². The van der Waals surface area contributed by atoms with Gasteiger partial charge in [0.05, 0.1) is 0 Å². The first kappa shape index (κ1) is 8.42. The highest BCUT2D eigenvalue weighted by molar-refractivity contribution is 5.05. The molecule has 0 unspecified atom stereocenters. The van der Waals surface area contributed by atoms with Crippen molar-refractivity contribution in [2.24, 2.45) is 5.41 Å². The van der Waals surface area contributed by atoms with Crippen molar-refractivity contribution in [2.45, 2.75) is 38.2 Å². The molecule has 1 saturated carbocycles. The van der Waals surface area contributed by atoms with Gasteiger partial charge in [-0.25, -0.2) is 8.78 Å².